The molecule has 0 spiro atoms. The van der Waals surface area contributed by atoms with Crippen LogP contribution in [0.3, 0.4) is 0 Å². The zero-order valence-corrected chi connectivity index (χ0v) is 16.6. The Balaban J connectivity index is -0.0000000533. The summed E-state index contributed by atoms with van der Waals surface area (Å²) < 4.78 is 0. The van der Waals surface area contributed by atoms with Gasteiger partial charge in [-0.25, -0.2) is 0 Å². The second-order valence-electron chi connectivity index (χ2n) is 3.90. The second-order valence-corrected chi connectivity index (χ2v) is 3.90. The number of hydrogen-bond acceptors (Lipinski definition) is 5. The minimum Gasteiger partial charge on any atom is -0.854 e. The van der Waals surface area contributed by atoms with Gasteiger partial charge in [0.15, 0.2) is 0 Å². The molecule has 0 aliphatic carbocycles. The maximum atomic E-state index is 9.53. The van der Waals surface area contributed by atoms with Gasteiger partial charge in [-0.3, -0.25) is 0 Å². The molecule has 0 bridgehead atoms. The molecule has 6 heteroatoms. The van der Waals surface area contributed by atoms with Gasteiger partial charge in [-0.1, -0.05) is 66.2 Å². The molecular weight excluding hydrogens is 351 g/mol. The average Bonchev–Trinajstić information content (AvgIpc) is 2.43. The summed E-state index contributed by atoms with van der Waals surface area (Å²) in [7, 11) is 0. The number of carbonyl (C=O) groups excluding carboxylic acids is 1. The Labute approximate surface area is 149 Å². The largest absolute Gasteiger partial charge is 4.00 e. The zero-order chi connectivity index (χ0) is 16.6. The van der Waals surface area contributed by atoms with E-state index in [2.05, 4.69) is 0 Å². The predicted molar refractivity (Wildman–Crippen MR) is 74.6 cm³/mol. The van der Waals surface area contributed by atoms with E-state index in [1.165, 1.54) is 6.92 Å². The van der Waals surface area contributed by atoms with Crippen molar-refractivity contribution in [2.45, 2.75) is 72.6 Å². The first-order chi connectivity index (χ1) is 9.51. The van der Waals surface area contributed by atoms with E-state index in [4.69, 9.17) is 0 Å². The van der Waals surface area contributed by atoms with E-state index in [9.17, 15) is 25.2 Å². The van der Waals surface area contributed by atoms with Crippen LogP contribution in [0.4, 0.5) is 0 Å². The molecule has 0 amide bonds. The number of carboxylic acids is 1. The van der Waals surface area contributed by atoms with Gasteiger partial charge in [-0.2, -0.15) is 0 Å². The molecule has 0 aliphatic heterocycles. The molecule has 0 saturated carbocycles. The van der Waals surface area contributed by atoms with Crippen molar-refractivity contribution in [2.24, 2.45) is 0 Å². The minimum absolute atomic E-state index is 0. The maximum Gasteiger partial charge on any atom is 4.00 e. The summed E-state index contributed by atoms with van der Waals surface area (Å²) in [6, 6.07) is 0. The van der Waals surface area contributed by atoms with Crippen molar-refractivity contribution < 1.29 is 51.4 Å². The van der Waals surface area contributed by atoms with Crippen LogP contribution in [0, 0.1) is 0 Å². The number of unbranched alkanes of at least 4 members (excludes halogenated alkanes) is 3. The van der Waals surface area contributed by atoms with E-state index >= 15 is 0 Å². The van der Waals surface area contributed by atoms with E-state index in [-0.39, 0.29) is 52.4 Å². The molecule has 0 heterocycles. The van der Waals surface area contributed by atoms with Gasteiger partial charge >= 0.3 is 26.2 Å². The quantitative estimate of drug-likeness (QED) is 0.593. The van der Waals surface area contributed by atoms with Crippen LogP contribution < -0.4 is 20.4 Å². The zero-order valence-electron chi connectivity index (χ0n) is 14.1. The van der Waals surface area contributed by atoms with Crippen LogP contribution >= 0.6 is 0 Å². The van der Waals surface area contributed by atoms with E-state index in [1.54, 1.807) is 0 Å². The van der Waals surface area contributed by atoms with Crippen LogP contribution in [0.15, 0.2) is 0 Å². The number of carboxylic acid groups (broad SMARTS) is 1. The molecule has 0 atom stereocenters. The number of carbonyl (C=O) groups is 1. The van der Waals surface area contributed by atoms with Gasteiger partial charge in [-0.15, -0.1) is 19.8 Å². The number of rotatable bonds is 7. The summed E-state index contributed by atoms with van der Waals surface area (Å²) in [5, 5.41) is 37.8. The Morgan fingerprint density at radius 1 is 0.714 bits per heavy atom. The van der Waals surface area contributed by atoms with Crippen LogP contribution in [-0.2, 0) is 31.0 Å². The number of hydrogen-bond donors (Lipinski definition) is 0. The van der Waals surface area contributed by atoms with Crippen LogP contribution in [0.1, 0.15) is 72.6 Å². The third-order valence-corrected chi connectivity index (χ3v) is 1.78. The summed E-state index contributed by atoms with van der Waals surface area (Å²) in [6.45, 7) is 7.85. The monoisotopic (exact) mass is 382 g/mol. The van der Waals surface area contributed by atoms with E-state index < -0.39 is 5.97 Å². The summed E-state index contributed by atoms with van der Waals surface area (Å²) in [4.78, 5) is 9.26. The molecule has 0 radical (unpaired) electrons. The van der Waals surface area contributed by atoms with Crippen molar-refractivity contribution in [3.05, 3.63) is 0 Å². The second kappa shape index (κ2) is 42.7. The van der Waals surface area contributed by atoms with Gasteiger partial charge in [0.25, 0.3) is 0 Å². The first kappa shape index (κ1) is 33.0. The summed E-state index contributed by atoms with van der Waals surface area (Å²) in [5.74, 6) is -0.995. The SMILES string of the molecule is CCC(=O)[O-].CCCC[O-].CCCC[O-].CCCC[O-].[Zr+4]. The van der Waals surface area contributed by atoms with Gasteiger partial charge in [-0.05, 0) is 6.42 Å². The van der Waals surface area contributed by atoms with Crippen molar-refractivity contribution in [2.75, 3.05) is 19.8 Å². The summed E-state index contributed by atoms with van der Waals surface area (Å²) in [5.41, 5.74) is 0. The van der Waals surface area contributed by atoms with Crippen LogP contribution in [0.5, 0.6) is 0 Å². The molecule has 5 nitrogen and oxygen atoms in total. The Morgan fingerprint density at radius 3 is 0.905 bits per heavy atom. The summed E-state index contributed by atoms with van der Waals surface area (Å²) >= 11 is 0. The molecule has 0 aromatic carbocycles. The standard InChI is InChI=1S/3C4H9O.C3H6O2.Zr/c3*1-2-3-4-5;1-2-3(4)5;/h3*2-4H2,1H3;2H2,1H3,(H,4,5);/q3*-1;;+4/p-1. The van der Waals surface area contributed by atoms with Crippen molar-refractivity contribution >= 4 is 5.97 Å². The van der Waals surface area contributed by atoms with Gasteiger partial charge in [0.1, 0.15) is 0 Å². The molecule has 0 unspecified atom stereocenters. The third kappa shape index (κ3) is 99.2. The first-order valence-corrected chi connectivity index (χ1v) is 7.46. The van der Waals surface area contributed by atoms with Crippen molar-refractivity contribution in [3.8, 4) is 0 Å². The van der Waals surface area contributed by atoms with E-state index in [0.29, 0.717) is 0 Å². The smallest absolute Gasteiger partial charge is 0.854 e. The van der Waals surface area contributed by atoms with Crippen molar-refractivity contribution in [1.82, 2.24) is 0 Å². The van der Waals surface area contributed by atoms with Gasteiger partial charge < -0.3 is 25.2 Å². The van der Waals surface area contributed by atoms with Crippen LogP contribution in [-0.4, -0.2) is 25.8 Å². The molecule has 21 heavy (non-hydrogen) atoms. The molecule has 0 N–H and O–H groups in total. The maximum absolute atomic E-state index is 9.53. The normalized spacial score (nSPS) is 7.76. The van der Waals surface area contributed by atoms with Crippen molar-refractivity contribution in [1.29, 1.82) is 0 Å². The van der Waals surface area contributed by atoms with E-state index in [1.807, 2.05) is 20.8 Å². The number of aliphatic carboxylic acids is 1. The topological polar surface area (TPSA) is 109 Å². The van der Waals surface area contributed by atoms with Gasteiger partial charge in [0.2, 0.25) is 0 Å². The van der Waals surface area contributed by atoms with Crippen LogP contribution in [0.25, 0.3) is 0 Å². The predicted octanol–water partition coefficient (Wildman–Crippen LogP) is -0.416. The van der Waals surface area contributed by atoms with Gasteiger partial charge in [0, 0.05) is 5.97 Å². The molecule has 126 valence electrons. The van der Waals surface area contributed by atoms with Gasteiger partial charge in [0.05, 0.1) is 0 Å². The third-order valence-electron chi connectivity index (χ3n) is 1.78. The summed E-state index contributed by atoms with van der Waals surface area (Å²) in [6.07, 6.45) is 5.70. The molecule has 0 aromatic rings. The average molecular weight is 384 g/mol. The van der Waals surface area contributed by atoms with E-state index in [0.717, 1.165) is 38.5 Å². The fraction of sp³-hybridized carbons (Fsp3) is 0.933. The fourth-order valence-electron chi connectivity index (χ4n) is 0.433. The van der Waals surface area contributed by atoms with Crippen LogP contribution in [0.2, 0.25) is 0 Å². The Morgan fingerprint density at radius 2 is 0.905 bits per heavy atom. The molecule has 0 fully saturated rings. The molecule has 0 aromatic heterocycles. The Kier molecular flexibility index (Phi) is 67.1. The Bertz CT molecular complexity index is 126. The Hall–Kier alpha value is 0.233. The van der Waals surface area contributed by atoms with Crippen molar-refractivity contribution in [3.63, 3.8) is 0 Å². The molecular formula is C15H32O5Zr. The molecule has 0 saturated heterocycles. The molecule has 0 rings (SSSR count). The first-order valence-electron chi connectivity index (χ1n) is 7.46. The fourth-order valence-corrected chi connectivity index (χ4v) is 0.433. The minimum atomic E-state index is -0.995. The molecule has 0 aliphatic rings.